The molecule has 5 nitrogen and oxygen atoms in total. The molecule has 5 heteroatoms. The summed E-state index contributed by atoms with van der Waals surface area (Å²) in [6.45, 7) is 0.625. The molecule has 0 bridgehead atoms. The zero-order chi connectivity index (χ0) is 16.9. The molecule has 1 heterocycles. The Hall–Kier alpha value is -2.14. The van der Waals surface area contributed by atoms with E-state index in [2.05, 4.69) is 39.5 Å². The minimum atomic E-state index is -0.0800. The predicted octanol–water partition coefficient (Wildman–Crippen LogP) is 2.92. The molecule has 0 aliphatic heterocycles. The number of aromatic nitrogens is 2. The summed E-state index contributed by atoms with van der Waals surface area (Å²) in [5.74, 6) is 0.691. The van der Waals surface area contributed by atoms with E-state index in [4.69, 9.17) is 10.7 Å². The van der Waals surface area contributed by atoms with Crippen molar-refractivity contribution in [2.75, 3.05) is 30.9 Å². The van der Waals surface area contributed by atoms with E-state index in [-0.39, 0.29) is 6.04 Å². The maximum absolute atomic E-state index is 6.30. The number of nitrogens with one attached hydrogen (secondary N) is 1. The molecule has 1 unspecified atom stereocenters. The number of hydrogen-bond acceptors (Lipinski definition) is 5. The average Bonchev–Trinajstić information content (AvgIpc) is 2.84. The minimum Gasteiger partial charge on any atom is -0.378 e. The van der Waals surface area contributed by atoms with Crippen LogP contribution in [0.1, 0.15) is 42.1 Å². The van der Waals surface area contributed by atoms with Crippen molar-refractivity contribution in [3.05, 3.63) is 47.3 Å². The van der Waals surface area contributed by atoms with Crippen molar-refractivity contribution in [1.29, 1.82) is 0 Å². The third-order valence-corrected chi connectivity index (χ3v) is 4.63. The van der Waals surface area contributed by atoms with Crippen LogP contribution in [0.3, 0.4) is 0 Å². The third kappa shape index (κ3) is 4.03. The van der Waals surface area contributed by atoms with Crippen molar-refractivity contribution >= 4 is 11.6 Å². The molecule has 1 aliphatic carbocycles. The molecule has 0 spiro atoms. The van der Waals surface area contributed by atoms with Gasteiger partial charge in [-0.15, -0.1) is 0 Å². The van der Waals surface area contributed by atoms with E-state index in [1.54, 1.807) is 0 Å². The topological polar surface area (TPSA) is 67.1 Å². The highest BCUT2D eigenvalue weighted by atomic mass is 15.1. The number of rotatable bonds is 5. The van der Waals surface area contributed by atoms with Crippen molar-refractivity contribution in [2.24, 2.45) is 5.73 Å². The van der Waals surface area contributed by atoms with Gasteiger partial charge in [-0.25, -0.2) is 9.97 Å². The van der Waals surface area contributed by atoms with Crippen LogP contribution in [-0.4, -0.2) is 30.6 Å². The molecular formula is C19H27N5. The summed E-state index contributed by atoms with van der Waals surface area (Å²) in [6.07, 6.45) is 7.90. The second-order valence-electron chi connectivity index (χ2n) is 6.70. The number of aryl methyl sites for hydroxylation is 2. The third-order valence-electron chi connectivity index (χ3n) is 4.63. The standard InChI is InChI=1S/C19H27N5/c1-24(2)16-10-8-14(9-11-16)17(20)13-22-19-21-12-15-6-4-3-5-7-18(15)23-19/h8-12,17H,3-7,13,20H2,1-2H3,(H,21,22,23). The van der Waals surface area contributed by atoms with Crippen LogP contribution in [0.4, 0.5) is 11.6 Å². The summed E-state index contributed by atoms with van der Waals surface area (Å²) in [5.41, 5.74) is 11.1. The van der Waals surface area contributed by atoms with Crippen LogP contribution < -0.4 is 16.0 Å². The predicted molar refractivity (Wildman–Crippen MR) is 99.5 cm³/mol. The summed E-state index contributed by atoms with van der Waals surface area (Å²) in [4.78, 5) is 11.2. The molecule has 0 fully saturated rings. The van der Waals surface area contributed by atoms with Gasteiger partial charge in [0.1, 0.15) is 0 Å². The zero-order valence-electron chi connectivity index (χ0n) is 14.6. The molecule has 0 saturated carbocycles. The Morgan fingerprint density at radius 2 is 1.88 bits per heavy atom. The second kappa shape index (κ2) is 7.62. The smallest absolute Gasteiger partial charge is 0.222 e. The van der Waals surface area contributed by atoms with E-state index in [0.29, 0.717) is 12.5 Å². The van der Waals surface area contributed by atoms with Crippen molar-refractivity contribution in [1.82, 2.24) is 9.97 Å². The quantitative estimate of drug-likeness (QED) is 0.827. The van der Waals surface area contributed by atoms with Crippen molar-refractivity contribution in [3.8, 4) is 0 Å². The fraction of sp³-hybridized carbons (Fsp3) is 0.474. The molecule has 0 radical (unpaired) electrons. The lowest BCUT2D eigenvalue weighted by Crippen LogP contribution is -2.22. The van der Waals surface area contributed by atoms with Crippen LogP contribution in [-0.2, 0) is 12.8 Å². The van der Waals surface area contributed by atoms with E-state index in [0.717, 1.165) is 18.4 Å². The van der Waals surface area contributed by atoms with Gasteiger partial charge in [-0.1, -0.05) is 18.6 Å². The monoisotopic (exact) mass is 325 g/mol. The van der Waals surface area contributed by atoms with Gasteiger partial charge in [0.15, 0.2) is 0 Å². The van der Waals surface area contributed by atoms with Crippen molar-refractivity contribution in [3.63, 3.8) is 0 Å². The molecular weight excluding hydrogens is 298 g/mol. The van der Waals surface area contributed by atoms with Crippen LogP contribution in [0, 0.1) is 0 Å². The maximum atomic E-state index is 6.30. The lowest BCUT2D eigenvalue weighted by Gasteiger charge is -2.16. The summed E-state index contributed by atoms with van der Waals surface area (Å²) >= 11 is 0. The molecule has 1 aromatic heterocycles. The van der Waals surface area contributed by atoms with Gasteiger partial charge >= 0.3 is 0 Å². The second-order valence-corrected chi connectivity index (χ2v) is 6.70. The van der Waals surface area contributed by atoms with Crippen LogP contribution in [0.2, 0.25) is 0 Å². The normalized spacial score (nSPS) is 15.3. The summed E-state index contributed by atoms with van der Waals surface area (Å²) < 4.78 is 0. The fourth-order valence-corrected chi connectivity index (χ4v) is 3.08. The zero-order valence-corrected chi connectivity index (χ0v) is 14.6. The Labute approximate surface area is 144 Å². The Morgan fingerprint density at radius 1 is 1.12 bits per heavy atom. The number of fused-ring (bicyclic) bond motifs is 1. The Morgan fingerprint density at radius 3 is 2.62 bits per heavy atom. The highest BCUT2D eigenvalue weighted by Crippen LogP contribution is 2.20. The summed E-state index contributed by atoms with van der Waals surface area (Å²) in [6, 6.07) is 8.27. The van der Waals surface area contributed by atoms with Gasteiger partial charge in [0, 0.05) is 44.3 Å². The van der Waals surface area contributed by atoms with Crippen LogP contribution in [0.25, 0.3) is 0 Å². The van der Waals surface area contributed by atoms with Gasteiger partial charge in [0.05, 0.1) is 0 Å². The van der Waals surface area contributed by atoms with Crippen LogP contribution in [0.15, 0.2) is 30.5 Å². The van der Waals surface area contributed by atoms with Crippen molar-refractivity contribution in [2.45, 2.75) is 38.1 Å². The molecule has 0 amide bonds. The molecule has 3 N–H and O–H groups in total. The van der Waals surface area contributed by atoms with E-state index in [9.17, 15) is 0 Å². The first kappa shape index (κ1) is 16.7. The molecule has 2 aromatic rings. The number of nitrogens with zero attached hydrogens (tertiary/aromatic N) is 3. The number of nitrogens with two attached hydrogens (primary N) is 1. The Bertz CT molecular complexity index is 666. The van der Waals surface area contributed by atoms with E-state index < -0.39 is 0 Å². The minimum absolute atomic E-state index is 0.0800. The SMILES string of the molecule is CN(C)c1ccc(C(N)CNc2ncc3c(n2)CCCCC3)cc1. The van der Waals surface area contributed by atoms with Gasteiger partial charge < -0.3 is 16.0 Å². The maximum Gasteiger partial charge on any atom is 0.222 e. The number of anilines is 2. The number of benzene rings is 1. The molecule has 128 valence electrons. The van der Waals surface area contributed by atoms with E-state index in [1.807, 2.05) is 20.3 Å². The molecule has 24 heavy (non-hydrogen) atoms. The lowest BCUT2D eigenvalue weighted by atomic mass is 10.1. The number of hydrogen-bond donors (Lipinski definition) is 2. The molecule has 1 aromatic carbocycles. The highest BCUT2D eigenvalue weighted by molar-refractivity contribution is 5.46. The summed E-state index contributed by atoms with van der Waals surface area (Å²) in [5, 5.41) is 3.29. The lowest BCUT2D eigenvalue weighted by molar-refractivity contribution is 0.708. The largest absolute Gasteiger partial charge is 0.378 e. The Balaban J connectivity index is 1.61. The van der Waals surface area contributed by atoms with Crippen LogP contribution in [0.5, 0.6) is 0 Å². The first-order chi connectivity index (χ1) is 11.6. The molecule has 1 atom stereocenters. The van der Waals surface area contributed by atoms with Gasteiger partial charge in [0.25, 0.3) is 0 Å². The van der Waals surface area contributed by atoms with Gasteiger partial charge in [-0.2, -0.15) is 0 Å². The highest BCUT2D eigenvalue weighted by Gasteiger charge is 2.12. The first-order valence-electron chi connectivity index (χ1n) is 8.75. The van der Waals surface area contributed by atoms with Gasteiger partial charge in [0.2, 0.25) is 5.95 Å². The van der Waals surface area contributed by atoms with E-state index in [1.165, 1.54) is 36.2 Å². The van der Waals surface area contributed by atoms with Crippen LogP contribution >= 0.6 is 0 Å². The van der Waals surface area contributed by atoms with Gasteiger partial charge in [-0.05, 0) is 48.9 Å². The average molecular weight is 325 g/mol. The van der Waals surface area contributed by atoms with Gasteiger partial charge in [-0.3, -0.25) is 0 Å². The molecule has 0 saturated heterocycles. The summed E-state index contributed by atoms with van der Waals surface area (Å²) in [7, 11) is 4.07. The fourth-order valence-electron chi connectivity index (χ4n) is 3.08. The molecule has 1 aliphatic rings. The van der Waals surface area contributed by atoms with Crippen molar-refractivity contribution < 1.29 is 0 Å². The van der Waals surface area contributed by atoms with E-state index >= 15 is 0 Å². The first-order valence-corrected chi connectivity index (χ1v) is 8.75. The Kier molecular flexibility index (Phi) is 5.30. The molecule has 3 rings (SSSR count).